The van der Waals surface area contributed by atoms with Gasteiger partial charge in [0.25, 0.3) is 0 Å². The first-order valence-corrected chi connectivity index (χ1v) is 4.34. The Balaban J connectivity index is 3.13. The average molecular weight is 197 g/mol. The Morgan fingerprint density at radius 3 is 2.50 bits per heavy atom. The molecule has 4 heteroatoms. The topological polar surface area (TPSA) is 64.7 Å². The van der Waals surface area contributed by atoms with Crippen molar-refractivity contribution in [2.24, 2.45) is 0 Å². The first-order chi connectivity index (χ1) is 6.74. The molecule has 0 fully saturated rings. The van der Waals surface area contributed by atoms with Crippen LogP contribution in [0.4, 0.5) is 5.69 Å². The first kappa shape index (κ1) is 10.7. The van der Waals surface area contributed by atoms with Crippen LogP contribution in [-0.4, -0.2) is 25.9 Å². The van der Waals surface area contributed by atoms with Crippen LogP contribution in [-0.2, 0) is 6.42 Å². The van der Waals surface area contributed by atoms with Crippen molar-refractivity contribution >= 4 is 5.69 Å². The number of hydrogen-bond donors (Lipinski definition) is 2. The molecule has 0 aliphatic heterocycles. The molecule has 0 aliphatic carbocycles. The van der Waals surface area contributed by atoms with E-state index in [-0.39, 0.29) is 6.61 Å². The summed E-state index contributed by atoms with van der Waals surface area (Å²) in [5, 5.41) is 8.81. The number of nitrogen functional groups attached to an aromatic ring is 1. The molecule has 0 heterocycles. The van der Waals surface area contributed by atoms with Crippen molar-refractivity contribution in [1.82, 2.24) is 0 Å². The van der Waals surface area contributed by atoms with E-state index < -0.39 is 0 Å². The highest BCUT2D eigenvalue weighted by Crippen LogP contribution is 2.35. The molecule has 4 nitrogen and oxygen atoms in total. The molecule has 0 saturated heterocycles. The summed E-state index contributed by atoms with van der Waals surface area (Å²) in [6.45, 7) is 0.0691. The first-order valence-electron chi connectivity index (χ1n) is 4.34. The molecule has 3 N–H and O–H groups in total. The second-order valence-electron chi connectivity index (χ2n) is 2.85. The van der Waals surface area contributed by atoms with E-state index in [1.807, 2.05) is 6.07 Å². The number of aliphatic hydroxyl groups excluding tert-OH is 1. The maximum absolute atomic E-state index is 8.81. The van der Waals surface area contributed by atoms with Crippen LogP contribution < -0.4 is 15.2 Å². The molecule has 0 radical (unpaired) electrons. The Labute approximate surface area is 83.3 Å². The van der Waals surface area contributed by atoms with Crippen LogP contribution in [0.3, 0.4) is 0 Å². The highest BCUT2D eigenvalue weighted by atomic mass is 16.5. The summed E-state index contributed by atoms with van der Waals surface area (Å²) < 4.78 is 10.2. The molecule has 0 saturated carbocycles. The van der Waals surface area contributed by atoms with E-state index in [0.29, 0.717) is 23.6 Å². The van der Waals surface area contributed by atoms with E-state index >= 15 is 0 Å². The summed E-state index contributed by atoms with van der Waals surface area (Å²) in [6, 6.07) is 3.60. The van der Waals surface area contributed by atoms with Crippen molar-refractivity contribution in [3.05, 3.63) is 17.7 Å². The average Bonchev–Trinajstić information content (AvgIpc) is 2.21. The number of rotatable bonds is 4. The second-order valence-corrected chi connectivity index (χ2v) is 2.85. The van der Waals surface area contributed by atoms with Gasteiger partial charge >= 0.3 is 0 Å². The lowest BCUT2D eigenvalue weighted by Crippen LogP contribution is -2.02. The molecule has 0 atom stereocenters. The van der Waals surface area contributed by atoms with Crippen molar-refractivity contribution in [2.45, 2.75) is 6.42 Å². The fourth-order valence-corrected chi connectivity index (χ4v) is 1.33. The molecular weight excluding hydrogens is 182 g/mol. The number of nitrogens with two attached hydrogens (primary N) is 1. The van der Waals surface area contributed by atoms with Crippen LogP contribution in [0, 0.1) is 0 Å². The van der Waals surface area contributed by atoms with Crippen molar-refractivity contribution in [3.8, 4) is 11.5 Å². The lowest BCUT2D eigenvalue weighted by Gasteiger charge is -2.12. The summed E-state index contributed by atoms with van der Waals surface area (Å²) in [5.74, 6) is 1.13. The second kappa shape index (κ2) is 4.72. The van der Waals surface area contributed by atoms with Gasteiger partial charge in [-0.1, -0.05) is 6.07 Å². The molecule has 1 aromatic carbocycles. The zero-order valence-corrected chi connectivity index (χ0v) is 8.41. The fraction of sp³-hybridized carbons (Fsp3) is 0.400. The molecule has 0 bridgehead atoms. The maximum Gasteiger partial charge on any atom is 0.184 e. The van der Waals surface area contributed by atoms with E-state index in [9.17, 15) is 0 Å². The zero-order valence-electron chi connectivity index (χ0n) is 8.41. The zero-order chi connectivity index (χ0) is 10.6. The molecule has 0 spiro atoms. The van der Waals surface area contributed by atoms with Gasteiger partial charge in [0.05, 0.1) is 19.9 Å². The van der Waals surface area contributed by atoms with Gasteiger partial charge in [0.2, 0.25) is 0 Å². The monoisotopic (exact) mass is 197 g/mol. The Hall–Kier alpha value is -1.42. The number of aliphatic hydroxyl groups is 1. The van der Waals surface area contributed by atoms with E-state index in [1.165, 1.54) is 7.11 Å². The third kappa shape index (κ3) is 1.90. The summed E-state index contributed by atoms with van der Waals surface area (Å²) >= 11 is 0. The van der Waals surface area contributed by atoms with Crippen molar-refractivity contribution in [1.29, 1.82) is 0 Å². The molecular formula is C10H15NO3. The van der Waals surface area contributed by atoms with Gasteiger partial charge in [-0.2, -0.15) is 0 Å². The van der Waals surface area contributed by atoms with Crippen LogP contribution in [0.15, 0.2) is 12.1 Å². The van der Waals surface area contributed by atoms with Crippen LogP contribution in [0.25, 0.3) is 0 Å². The number of ether oxygens (including phenoxy) is 2. The smallest absolute Gasteiger partial charge is 0.184 e. The normalized spacial score (nSPS) is 9.93. The minimum Gasteiger partial charge on any atom is -0.493 e. The van der Waals surface area contributed by atoms with Crippen molar-refractivity contribution in [2.75, 3.05) is 26.6 Å². The van der Waals surface area contributed by atoms with Gasteiger partial charge in [0.1, 0.15) is 0 Å². The Morgan fingerprint density at radius 1 is 1.29 bits per heavy atom. The molecule has 0 aromatic heterocycles. The Kier molecular flexibility index (Phi) is 3.59. The minimum atomic E-state index is 0.0691. The van der Waals surface area contributed by atoms with Crippen LogP contribution in [0.1, 0.15) is 5.56 Å². The molecule has 78 valence electrons. The number of benzene rings is 1. The van der Waals surface area contributed by atoms with Gasteiger partial charge in [-0.05, 0) is 18.1 Å². The van der Waals surface area contributed by atoms with E-state index in [1.54, 1.807) is 13.2 Å². The van der Waals surface area contributed by atoms with Gasteiger partial charge in [0.15, 0.2) is 11.5 Å². The van der Waals surface area contributed by atoms with E-state index in [4.69, 9.17) is 20.3 Å². The third-order valence-electron chi connectivity index (χ3n) is 2.06. The predicted molar refractivity (Wildman–Crippen MR) is 54.7 cm³/mol. The number of anilines is 1. The third-order valence-corrected chi connectivity index (χ3v) is 2.06. The van der Waals surface area contributed by atoms with Gasteiger partial charge in [0, 0.05) is 6.61 Å². The highest BCUT2D eigenvalue weighted by Gasteiger charge is 2.11. The molecule has 14 heavy (non-hydrogen) atoms. The van der Waals surface area contributed by atoms with Crippen LogP contribution in [0.5, 0.6) is 11.5 Å². The molecule has 1 aromatic rings. The summed E-state index contributed by atoms with van der Waals surface area (Å²) in [5.41, 5.74) is 7.23. The number of hydrogen-bond acceptors (Lipinski definition) is 4. The van der Waals surface area contributed by atoms with Gasteiger partial charge < -0.3 is 20.3 Å². The number of methoxy groups -OCH3 is 2. The molecule has 0 amide bonds. The summed E-state index contributed by atoms with van der Waals surface area (Å²) in [6.07, 6.45) is 0.520. The Morgan fingerprint density at radius 2 is 2.00 bits per heavy atom. The van der Waals surface area contributed by atoms with E-state index in [2.05, 4.69) is 0 Å². The molecule has 0 aliphatic rings. The van der Waals surface area contributed by atoms with Crippen molar-refractivity contribution < 1.29 is 14.6 Å². The quantitative estimate of drug-likeness (QED) is 0.701. The molecule has 0 unspecified atom stereocenters. The lowest BCUT2D eigenvalue weighted by atomic mass is 10.1. The largest absolute Gasteiger partial charge is 0.493 e. The van der Waals surface area contributed by atoms with Gasteiger partial charge in [-0.3, -0.25) is 0 Å². The standard InChI is InChI=1S/C10H15NO3/c1-13-8-4-3-7(5-6-12)9(11)10(8)14-2/h3-4,12H,5-6,11H2,1-2H3. The van der Waals surface area contributed by atoms with Crippen LogP contribution in [0.2, 0.25) is 0 Å². The summed E-state index contributed by atoms with van der Waals surface area (Å²) in [4.78, 5) is 0. The van der Waals surface area contributed by atoms with Crippen molar-refractivity contribution in [3.63, 3.8) is 0 Å². The maximum atomic E-state index is 8.81. The van der Waals surface area contributed by atoms with Gasteiger partial charge in [-0.25, -0.2) is 0 Å². The fourth-order valence-electron chi connectivity index (χ4n) is 1.33. The summed E-state index contributed by atoms with van der Waals surface area (Å²) in [7, 11) is 3.10. The minimum absolute atomic E-state index is 0.0691. The van der Waals surface area contributed by atoms with Crippen LogP contribution >= 0.6 is 0 Å². The lowest BCUT2D eigenvalue weighted by molar-refractivity contribution is 0.299. The highest BCUT2D eigenvalue weighted by molar-refractivity contribution is 5.65. The Bertz CT molecular complexity index is 312. The van der Waals surface area contributed by atoms with Gasteiger partial charge in [-0.15, -0.1) is 0 Å². The molecule has 1 rings (SSSR count). The van der Waals surface area contributed by atoms with E-state index in [0.717, 1.165) is 5.56 Å². The predicted octanol–water partition coefficient (Wildman–Crippen LogP) is 0.821. The SMILES string of the molecule is COc1ccc(CCO)c(N)c1OC.